The van der Waals surface area contributed by atoms with Crippen molar-refractivity contribution < 1.29 is 18.1 Å². The summed E-state index contributed by atoms with van der Waals surface area (Å²) in [5, 5.41) is 13.8. The Balaban J connectivity index is 1.62. The summed E-state index contributed by atoms with van der Waals surface area (Å²) in [5.41, 5.74) is 1.81. The van der Waals surface area contributed by atoms with Crippen LogP contribution in [0, 0.1) is 11.8 Å². The van der Waals surface area contributed by atoms with Crippen LogP contribution in [0.5, 0.6) is 5.75 Å². The van der Waals surface area contributed by atoms with E-state index in [1.165, 1.54) is 6.20 Å². The Morgan fingerprint density at radius 3 is 2.97 bits per heavy atom. The van der Waals surface area contributed by atoms with E-state index >= 15 is 0 Å². The fourth-order valence-electron chi connectivity index (χ4n) is 3.41. The average Bonchev–Trinajstić information content (AvgIpc) is 3.35. The molecule has 0 spiro atoms. The van der Waals surface area contributed by atoms with Crippen LogP contribution in [0.4, 0.5) is 11.6 Å². The second kappa shape index (κ2) is 6.94. The van der Waals surface area contributed by atoms with Crippen molar-refractivity contribution in [1.82, 2.24) is 20.2 Å². The number of hydrogen-bond acceptors (Lipinski definition) is 8. The third-order valence-corrected chi connectivity index (χ3v) is 5.27. The highest BCUT2D eigenvalue weighted by molar-refractivity contribution is 6.01. The first-order valence-corrected chi connectivity index (χ1v) is 9.42. The molecule has 30 heavy (non-hydrogen) atoms. The molecule has 3 heterocycles. The predicted octanol–water partition coefficient (Wildman–Crippen LogP) is 3.48. The molecule has 1 amide bonds. The summed E-state index contributed by atoms with van der Waals surface area (Å²) in [7, 11) is 1.56. The molecule has 152 valence electrons. The molecule has 4 aromatic rings. The first kappa shape index (κ1) is 15.1. The Morgan fingerprint density at radius 2 is 2.20 bits per heavy atom. The molecule has 0 aliphatic heterocycles. The molecule has 0 bridgehead atoms. The number of rotatable bonds is 5. The predicted molar refractivity (Wildman–Crippen MR) is 112 cm³/mol. The van der Waals surface area contributed by atoms with Crippen LogP contribution >= 0.6 is 0 Å². The molecule has 3 aromatic heterocycles. The van der Waals surface area contributed by atoms with Crippen LogP contribution < -0.4 is 15.4 Å². The van der Waals surface area contributed by atoms with Gasteiger partial charge in [-0.3, -0.25) is 4.79 Å². The second-order valence-electron chi connectivity index (χ2n) is 7.30. The third kappa shape index (κ3) is 3.08. The lowest BCUT2D eigenvalue weighted by Crippen LogP contribution is -2.16. The topological polar surface area (TPSA) is 115 Å². The van der Waals surface area contributed by atoms with Gasteiger partial charge in [0.15, 0.2) is 17.2 Å². The van der Waals surface area contributed by atoms with Gasteiger partial charge in [0.1, 0.15) is 16.8 Å². The first-order valence-electron chi connectivity index (χ1n) is 10.9. The van der Waals surface area contributed by atoms with Crippen molar-refractivity contribution in [2.24, 2.45) is 11.8 Å². The molecule has 9 heteroatoms. The zero-order chi connectivity index (χ0) is 23.3. The molecule has 2 N–H and O–H groups in total. The molecule has 9 nitrogen and oxygen atoms in total. The van der Waals surface area contributed by atoms with Gasteiger partial charge in [-0.15, -0.1) is 10.2 Å². The smallest absolute Gasteiger partial charge is 0.229 e. The molecule has 0 saturated heterocycles. The molecule has 2 atom stereocenters. The number of fused-ring (bicyclic) bond motifs is 2. The minimum absolute atomic E-state index is 0.0349. The van der Waals surface area contributed by atoms with E-state index in [1.807, 2.05) is 6.92 Å². The number of oxazole rings is 1. The van der Waals surface area contributed by atoms with Gasteiger partial charge in [-0.1, -0.05) is 6.92 Å². The van der Waals surface area contributed by atoms with Crippen molar-refractivity contribution in [1.29, 1.82) is 0 Å². The number of anilines is 2. The summed E-state index contributed by atoms with van der Waals surface area (Å²) in [5.74, 6) is 1.35. The van der Waals surface area contributed by atoms with Gasteiger partial charge in [-0.2, -0.15) is 0 Å². The molecule has 1 aliphatic carbocycles. The van der Waals surface area contributed by atoms with Gasteiger partial charge >= 0.3 is 0 Å². The second-order valence-corrected chi connectivity index (χ2v) is 7.30. The summed E-state index contributed by atoms with van der Waals surface area (Å²) in [6, 6.07) is 6.86. The van der Waals surface area contributed by atoms with E-state index in [0.717, 1.165) is 6.42 Å². The fraction of sp³-hybridized carbons (Fsp3) is 0.286. The number of carbonyl (C=O) groups is 1. The van der Waals surface area contributed by atoms with E-state index in [9.17, 15) is 4.79 Å². The van der Waals surface area contributed by atoms with E-state index in [0.29, 0.717) is 33.7 Å². The highest BCUT2D eigenvalue weighted by Gasteiger charge is 2.39. The van der Waals surface area contributed by atoms with E-state index in [-0.39, 0.29) is 34.9 Å². The number of benzene rings is 1. The normalized spacial score (nSPS) is 19.7. The maximum Gasteiger partial charge on any atom is 0.229 e. The van der Waals surface area contributed by atoms with Crippen LogP contribution in [0.3, 0.4) is 0 Å². The van der Waals surface area contributed by atoms with E-state index in [4.69, 9.17) is 13.3 Å². The average molecular weight is 407 g/mol. The standard InChI is InChI=1S/C21H20N6O3/c1-10-6-12(10)20(28)25-17-8-13-14(9-23-19(22-2)18(13)27-26-17)21-24-15-7-11(29-3)4-5-16(15)30-21/h4-5,7-10,12H,6H2,1-3H3,(H,22,23)(H,25,26,28)/t10-,12+/m1/s1/i2D3. The zero-order valence-electron chi connectivity index (χ0n) is 19.3. The van der Waals surface area contributed by atoms with Gasteiger partial charge in [0.05, 0.1) is 12.7 Å². The van der Waals surface area contributed by atoms with Crippen molar-refractivity contribution >= 4 is 39.5 Å². The van der Waals surface area contributed by atoms with E-state index in [1.54, 1.807) is 31.4 Å². The minimum Gasteiger partial charge on any atom is -0.497 e. The zero-order valence-corrected chi connectivity index (χ0v) is 16.3. The quantitative estimate of drug-likeness (QED) is 0.517. The van der Waals surface area contributed by atoms with Crippen LogP contribution in [0.2, 0.25) is 0 Å². The van der Waals surface area contributed by atoms with Gasteiger partial charge in [-0.25, -0.2) is 9.97 Å². The molecule has 5 rings (SSSR count). The Bertz CT molecular complexity index is 1390. The number of nitrogens with zero attached hydrogens (tertiary/aromatic N) is 4. The number of pyridine rings is 1. The molecular formula is C21H20N6O3. The Kier molecular flexibility index (Phi) is 3.50. The SMILES string of the molecule is [2H]C([2H])([2H])Nc1ncc(-c2nc3cc(OC)ccc3o2)c2cc(NC(=O)[C@H]3C[C@H]3C)nnc12. The lowest BCUT2D eigenvalue weighted by molar-refractivity contribution is -0.117. The van der Waals surface area contributed by atoms with Crippen molar-refractivity contribution in [3.63, 3.8) is 0 Å². The minimum atomic E-state index is -2.48. The summed E-state index contributed by atoms with van der Waals surface area (Å²) in [4.78, 5) is 21.1. The highest BCUT2D eigenvalue weighted by atomic mass is 16.5. The van der Waals surface area contributed by atoms with Gasteiger partial charge in [0.25, 0.3) is 0 Å². The maximum atomic E-state index is 12.4. The van der Waals surface area contributed by atoms with Crippen molar-refractivity contribution in [3.05, 3.63) is 30.5 Å². The number of hydrogen-bond donors (Lipinski definition) is 2. The third-order valence-electron chi connectivity index (χ3n) is 5.27. The first-order chi connectivity index (χ1) is 15.7. The number of aromatic nitrogens is 4. The number of ether oxygens (including phenoxy) is 1. The molecule has 1 aromatic carbocycles. The molecule has 0 radical (unpaired) electrons. The van der Waals surface area contributed by atoms with Crippen LogP contribution in [0.25, 0.3) is 33.5 Å². The Hall–Kier alpha value is -3.75. The summed E-state index contributed by atoms with van der Waals surface area (Å²) in [6.07, 6.45) is 2.29. The van der Waals surface area contributed by atoms with Gasteiger partial charge in [-0.05, 0) is 30.5 Å². The summed E-state index contributed by atoms with van der Waals surface area (Å²) in [6.45, 7) is -0.471. The molecule has 1 saturated carbocycles. The van der Waals surface area contributed by atoms with Crippen molar-refractivity contribution in [2.45, 2.75) is 13.3 Å². The number of carbonyl (C=O) groups excluding carboxylic acids is 1. The molecule has 1 fully saturated rings. The van der Waals surface area contributed by atoms with Crippen molar-refractivity contribution in [2.75, 3.05) is 24.7 Å². The Morgan fingerprint density at radius 1 is 1.33 bits per heavy atom. The Labute approximate surface area is 176 Å². The van der Waals surface area contributed by atoms with E-state index in [2.05, 4.69) is 30.8 Å². The maximum absolute atomic E-state index is 12.4. The van der Waals surface area contributed by atoms with Gasteiger partial charge < -0.3 is 19.8 Å². The lowest BCUT2D eigenvalue weighted by Gasteiger charge is -2.09. The monoisotopic (exact) mass is 407 g/mol. The summed E-state index contributed by atoms with van der Waals surface area (Å²) < 4.78 is 33.7. The number of methoxy groups -OCH3 is 1. The molecular weight excluding hydrogens is 384 g/mol. The fourth-order valence-corrected chi connectivity index (χ4v) is 3.41. The van der Waals surface area contributed by atoms with Gasteiger partial charge in [0, 0.05) is 34.7 Å². The van der Waals surface area contributed by atoms with Crippen LogP contribution in [-0.2, 0) is 4.79 Å². The van der Waals surface area contributed by atoms with Crippen LogP contribution in [-0.4, -0.2) is 40.2 Å². The molecule has 0 unspecified atom stereocenters. The van der Waals surface area contributed by atoms with Gasteiger partial charge in [0.2, 0.25) is 11.8 Å². The van der Waals surface area contributed by atoms with E-state index < -0.39 is 6.98 Å². The number of nitrogens with one attached hydrogen (secondary N) is 2. The molecule has 1 aliphatic rings. The summed E-state index contributed by atoms with van der Waals surface area (Å²) >= 11 is 0. The lowest BCUT2D eigenvalue weighted by atomic mass is 10.1. The largest absolute Gasteiger partial charge is 0.497 e. The highest BCUT2D eigenvalue weighted by Crippen LogP contribution is 2.39. The van der Waals surface area contributed by atoms with Crippen LogP contribution in [0.1, 0.15) is 17.5 Å². The number of amides is 1. The van der Waals surface area contributed by atoms with Crippen LogP contribution in [0.15, 0.2) is 34.9 Å². The van der Waals surface area contributed by atoms with Crippen molar-refractivity contribution in [3.8, 4) is 17.2 Å².